The van der Waals surface area contributed by atoms with E-state index in [1.54, 1.807) is 11.1 Å². The molecule has 3 heteroatoms. The Kier molecular flexibility index (Phi) is 5.65. The highest BCUT2D eigenvalue weighted by Crippen LogP contribution is 2.64. The molecule has 0 heterocycles. The normalized spacial score (nSPS) is 41.8. The Morgan fingerprint density at radius 3 is 2.60 bits per heavy atom. The van der Waals surface area contributed by atoms with Crippen molar-refractivity contribution in [1.29, 1.82) is 0 Å². The Bertz CT molecular complexity index is 769. The molecule has 4 rings (SSSR count). The molecule has 0 aliphatic heterocycles. The molecule has 7 atom stereocenters. The van der Waals surface area contributed by atoms with Crippen LogP contribution in [0.2, 0.25) is 0 Å². The van der Waals surface area contributed by atoms with Gasteiger partial charge in [0.25, 0.3) is 0 Å². The van der Waals surface area contributed by atoms with Crippen LogP contribution in [0.25, 0.3) is 0 Å². The van der Waals surface area contributed by atoms with Crippen molar-refractivity contribution in [2.24, 2.45) is 28.6 Å². The maximum atomic E-state index is 11.0. The summed E-state index contributed by atoms with van der Waals surface area (Å²) in [5.74, 6) is 1.49. The molecule has 4 aliphatic carbocycles. The van der Waals surface area contributed by atoms with Crippen molar-refractivity contribution in [2.75, 3.05) is 0 Å². The van der Waals surface area contributed by atoms with E-state index < -0.39 is 17.8 Å². The van der Waals surface area contributed by atoms with Gasteiger partial charge in [-0.1, -0.05) is 62.1 Å². The zero-order chi connectivity index (χ0) is 21.9. The second-order valence-electron chi connectivity index (χ2n) is 11.8. The number of aliphatic hydroxyl groups excluding tert-OH is 2. The first-order valence-corrected chi connectivity index (χ1v) is 12.2. The average Bonchev–Trinajstić information content (AvgIpc) is 2.99. The number of aliphatic hydroxyl groups is 3. The first-order chi connectivity index (χ1) is 14.0. The van der Waals surface area contributed by atoms with E-state index in [1.165, 1.54) is 12.0 Å². The Morgan fingerprint density at radius 1 is 1.17 bits per heavy atom. The van der Waals surface area contributed by atoms with Crippen LogP contribution in [-0.4, -0.2) is 33.1 Å². The van der Waals surface area contributed by atoms with Gasteiger partial charge in [-0.25, -0.2) is 0 Å². The third kappa shape index (κ3) is 3.55. The van der Waals surface area contributed by atoms with Crippen LogP contribution in [0.1, 0.15) is 86.0 Å². The van der Waals surface area contributed by atoms with Gasteiger partial charge in [0.05, 0.1) is 17.8 Å². The van der Waals surface area contributed by atoms with E-state index in [0.29, 0.717) is 30.6 Å². The molecule has 0 spiro atoms. The fourth-order valence-corrected chi connectivity index (χ4v) is 7.43. The fourth-order valence-electron chi connectivity index (χ4n) is 7.43. The summed E-state index contributed by atoms with van der Waals surface area (Å²) in [5, 5.41) is 31.3. The van der Waals surface area contributed by atoms with Crippen LogP contribution >= 0.6 is 0 Å². The molecule has 0 radical (unpaired) electrons. The van der Waals surface area contributed by atoms with Gasteiger partial charge in [-0.05, 0) is 75.5 Å². The Hall–Kier alpha value is -0.900. The smallest absolute Gasteiger partial charge is 0.0661 e. The lowest BCUT2D eigenvalue weighted by Gasteiger charge is -2.56. The summed E-state index contributed by atoms with van der Waals surface area (Å²) in [6, 6.07) is 0. The van der Waals surface area contributed by atoms with Crippen molar-refractivity contribution in [1.82, 2.24) is 0 Å². The molecule has 0 saturated heterocycles. The summed E-state index contributed by atoms with van der Waals surface area (Å²) in [7, 11) is 0. The maximum Gasteiger partial charge on any atom is 0.0661 e. The van der Waals surface area contributed by atoms with Crippen molar-refractivity contribution in [3.8, 4) is 0 Å². The summed E-state index contributed by atoms with van der Waals surface area (Å²) >= 11 is 0. The minimum atomic E-state index is -0.574. The highest BCUT2D eigenvalue weighted by molar-refractivity contribution is 5.43. The molecule has 3 nitrogen and oxygen atoms in total. The molecule has 3 N–H and O–H groups in total. The highest BCUT2D eigenvalue weighted by atomic mass is 16.3. The second kappa shape index (κ2) is 7.60. The van der Waals surface area contributed by atoms with Crippen LogP contribution < -0.4 is 0 Å². The quantitative estimate of drug-likeness (QED) is 0.534. The molecule has 2 saturated carbocycles. The van der Waals surface area contributed by atoms with Gasteiger partial charge < -0.3 is 15.3 Å². The SMILES string of the molecule is C[C@@H](CCCC(C)(C)O)C1=CC[C@H]2C3=CC=C4C[C@@H](O)C[C@H](O)[C@]4(C)[C@H]3CC[C@]12C. The van der Waals surface area contributed by atoms with Gasteiger partial charge in [0.15, 0.2) is 0 Å². The molecule has 2 fully saturated rings. The van der Waals surface area contributed by atoms with Gasteiger partial charge >= 0.3 is 0 Å². The van der Waals surface area contributed by atoms with E-state index in [4.69, 9.17) is 0 Å². The maximum absolute atomic E-state index is 11.0. The molecule has 0 aromatic heterocycles. The Balaban J connectivity index is 1.54. The summed E-state index contributed by atoms with van der Waals surface area (Å²) in [6.45, 7) is 10.9. The summed E-state index contributed by atoms with van der Waals surface area (Å²) in [5.41, 5.74) is 3.85. The summed E-state index contributed by atoms with van der Waals surface area (Å²) < 4.78 is 0. The summed E-state index contributed by atoms with van der Waals surface area (Å²) in [6.07, 6.45) is 13.9. The topological polar surface area (TPSA) is 60.7 Å². The molecule has 0 amide bonds. The average molecular weight is 415 g/mol. The molecule has 0 bridgehead atoms. The monoisotopic (exact) mass is 414 g/mol. The third-order valence-electron chi connectivity index (χ3n) is 9.25. The lowest BCUT2D eigenvalue weighted by molar-refractivity contribution is -0.0492. The van der Waals surface area contributed by atoms with Gasteiger partial charge in [-0.3, -0.25) is 0 Å². The number of hydrogen-bond acceptors (Lipinski definition) is 3. The highest BCUT2D eigenvalue weighted by Gasteiger charge is 2.56. The van der Waals surface area contributed by atoms with Crippen molar-refractivity contribution in [2.45, 2.75) is 104 Å². The largest absolute Gasteiger partial charge is 0.393 e. The molecule has 0 aromatic rings. The Morgan fingerprint density at radius 2 is 1.90 bits per heavy atom. The molecule has 0 aromatic carbocycles. The first kappa shape index (κ1) is 22.3. The van der Waals surface area contributed by atoms with Crippen LogP contribution in [0, 0.1) is 28.6 Å². The molecule has 168 valence electrons. The van der Waals surface area contributed by atoms with Crippen molar-refractivity contribution >= 4 is 0 Å². The van der Waals surface area contributed by atoms with Crippen molar-refractivity contribution < 1.29 is 15.3 Å². The zero-order valence-corrected chi connectivity index (χ0v) is 19.6. The molecule has 4 aliphatic rings. The first-order valence-electron chi connectivity index (χ1n) is 12.2. The predicted molar refractivity (Wildman–Crippen MR) is 122 cm³/mol. The van der Waals surface area contributed by atoms with Crippen LogP contribution in [0.4, 0.5) is 0 Å². The fraction of sp³-hybridized carbons (Fsp3) is 0.778. The number of rotatable bonds is 5. The zero-order valence-electron chi connectivity index (χ0n) is 19.6. The van der Waals surface area contributed by atoms with E-state index in [9.17, 15) is 15.3 Å². The van der Waals surface area contributed by atoms with Gasteiger partial charge in [0, 0.05) is 11.8 Å². The Labute approximate surface area is 183 Å². The van der Waals surface area contributed by atoms with Crippen molar-refractivity contribution in [3.63, 3.8) is 0 Å². The van der Waals surface area contributed by atoms with E-state index in [1.807, 2.05) is 13.8 Å². The predicted octanol–water partition coefficient (Wildman–Crippen LogP) is 5.31. The minimum Gasteiger partial charge on any atom is -0.393 e. The standard InChI is InChI=1S/C27H42O3/c1-17(7-6-13-25(2,3)30)21-10-11-22-20-9-8-18-15-19(28)16-24(29)27(18,5)23(20)12-14-26(21,22)4/h8-10,17,19,22-24,28-30H,6-7,11-16H2,1-5H3/t17-,19+,22-,23-,24-,26+,27-/m0/s1. The van der Waals surface area contributed by atoms with Gasteiger partial charge in [-0.15, -0.1) is 0 Å². The van der Waals surface area contributed by atoms with Crippen LogP contribution in [-0.2, 0) is 0 Å². The number of allylic oxidation sites excluding steroid dienone is 5. The lowest BCUT2D eigenvalue weighted by atomic mass is 9.49. The van der Waals surface area contributed by atoms with Gasteiger partial charge in [-0.2, -0.15) is 0 Å². The van der Waals surface area contributed by atoms with E-state index in [0.717, 1.165) is 32.1 Å². The second-order valence-corrected chi connectivity index (χ2v) is 11.8. The molecular formula is C27H42O3. The van der Waals surface area contributed by atoms with Crippen LogP contribution in [0.5, 0.6) is 0 Å². The third-order valence-corrected chi connectivity index (χ3v) is 9.25. The van der Waals surface area contributed by atoms with Crippen molar-refractivity contribution in [3.05, 3.63) is 34.9 Å². The minimum absolute atomic E-state index is 0.217. The lowest BCUT2D eigenvalue weighted by Crippen LogP contribution is -2.52. The van der Waals surface area contributed by atoms with E-state index in [2.05, 4.69) is 39.0 Å². The summed E-state index contributed by atoms with van der Waals surface area (Å²) in [4.78, 5) is 0. The number of hydrogen-bond donors (Lipinski definition) is 3. The van der Waals surface area contributed by atoms with E-state index >= 15 is 0 Å². The van der Waals surface area contributed by atoms with Crippen LogP contribution in [0.15, 0.2) is 34.9 Å². The molecular weight excluding hydrogens is 372 g/mol. The van der Waals surface area contributed by atoms with Crippen LogP contribution in [0.3, 0.4) is 0 Å². The van der Waals surface area contributed by atoms with E-state index in [-0.39, 0.29) is 10.8 Å². The molecule has 0 unspecified atom stereocenters. The van der Waals surface area contributed by atoms with Gasteiger partial charge in [0.1, 0.15) is 0 Å². The molecule has 30 heavy (non-hydrogen) atoms. The number of fused-ring (bicyclic) bond motifs is 5. The van der Waals surface area contributed by atoms with Gasteiger partial charge in [0.2, 0.25) is 0 Å².